The number of methoxy groups -OCH3 is 1. The Bertz CT molecular complexity index is 1290. The lowest BCUT2D eigenvalue weighted by atomic mass is 9.89. The maximum absolute atomic E-state index is 12.6. The number of hydrogen-bond acceptors (Lipinski definition) is 5. The summed E-state index contributed by atoms with van der Waals surface area (Å²) in [7, 11) is 3.32. The highest BCUT2D eigenvalue weighted by Crippen LogP contribution is 2.30. The summed E-state index contributed by atoms with van der Waals surface area (Å²) in [6.45, 7) is 0. The number of nitrogens with one attached hydrogen (secondary N) is 2. The molecule has 0 aliphatic heterocycles. The second-order valence-corrected chi connectivity index (χ2v) is 8.73. The first-order valence-corrected chi connectivity index (χ1v) is 10.9. The van der Waals surface area contributed by atoms with Crippen molar-refractivity contribution in [2.24, 2.45) is 0 Å². The van der Waals surface area contributed by atoms with E-state index in [0.717, 1.165) is 39.3 Å². The molecule has 2 amide bonds. The Morgan fingerprint density at radius 2 is 1.84 bits per heavy atom. The van der Waals surface area contributed by atoms with E-state index in [2.05, 4.69) is 10.6 Å². The van der Waals surface area contributed by atoms with Crippen molar-refractivity contribution in [1.82, 2.24) is 20.0 Å². The fraction of sp³-hybridized carbons (Fsp3) is 0.261. The van der Waals surface area contributed by atoms with Crippen LogP contribution in [0.2, 0.25) is 0 Å². The molecule has 1 fully saturated rings. The molecule has 2 aromatic carbocycles. The van der Waals surface area contributed by atoms with Crippen LogP contribution >= 0.6 is 11.3 Å². The highest BCUT2D eigenvalue weighted by Gasteiger charge is 2.30. The predicted octanol–water partition coefficient (Wildman–Crippen LogP) is 3.48. The summed E-state index contributed by atoms with van der Waals surface area (Å²) in [5.74, 6) is -0.163. The zero-order chi connectivity index (χ0) is 21.5. The molecule has 31 heavy (non-hydrogen) atoms. The minimum absolute atomic E-state index is 0.0515. The van der Waals surface area contributed by atoms with E-state index >= 15 is 0 Å². The summed E-state index contributed by atoms with van der Waals surface area (Å²) in [5, 5.41) is 5.69. The number of rotatable bonds is 5. The van der Waals surface area contributed by atoms with Gasteiger partial charge in [0.15, 0.2) is 4.96 Å². The quantitative estimate of drug-likeness (QED) is 0.504. The van der Waals surface area contributed by atoms with E-state index < -0.39 is 0 Å². The summed E-state index contributed by atoms with van der Waals surface area (Å²) in [6.07, 6.45) is 3.98. The third kappa shape index (κ3) is 3.58. The Morgan fingerprint density at radius 1 is 1.10 bits per heavy atom. The molecule has 2 aromatic heterocycles. The van der Waals surface area contributed by atoms with Gasteiger partial charge in [0.05, 0.1) is 22.0 Å². The van der Waals surface area contributed by atoms with Crippen molar-refractivity contribution in [1.29, 1.82) is 0 Å². The van der Waals surface area contributed by atoms with E-state index in [1.165, 1.54) is 0 Å². The van der Waals surface area contributed by atoms with Crippen LogP contribution in [-0.2, 0) is 4.74 Å². The molecule has 0 unspecified atom stereocenters. The summed E-state index contributed by atoms with van der Waals surface area (Å²) in [6, 6.07) is 13.3. The first-order valence-electron chi connectivity index (χ1n) is 10.1. The van der Waals surface area contributed by atoms with Crippen LogP contribution in [0.4, 0.5) is 0 Å². The first kappa shape index (κ1) is 19.7. The minimum Gasteiger partial charge on any atom is -0.381 e. The number of thiazole rings is 1. The zero-order valence-corrected chi connectivity index (χ0v) is 18.0. The molecule has 1 aliphatic carbocycles. The zero-order valence-electron chi connectivity index (χ0n) is 17.2. The third-order valence-corrected chi connectivity index (χ3v) is 6.81. The molecular formula is C23H22N4O3S. The average Bonchev–Trinajstić information content (AvgIpc) is 3.32. The van der Waals surface area contributed by atoms with Crippen LogP contribution in [0.3, 0.4) is 0 Å². The monoisotopic (exact) mass is 434 g/mol. The van der Waals surface area contributed by atoms with Crippen LogP contribution < -0.4 is 10.6 Å². The van der Waals surface area contributed by atoms with E-state index in [1.54, 1.807) is 37.6 Å². The van der Waals surface area contributed by atoms with Gasteiger partial charge >= 0.3 is 0 Å². The van der Waals surface area contributed by atoms with E-state index in [-0.39, 0.29) is 24.0 Å². The van der Waals surface area contributed by atoms with Gasteiger partial charge in [0.25, 0.3) is 11.8 Å². The summed E-state index contributed by atoms with van der Waals surface area (Å²) < 4.78 is 8.33. The number of carbonyl (C=O) groups excluding carboxylic acids is 2. The largest absolute Gasteiger partial charge is 0.381 e. The van der Waals surface area contributed by atoms with Gasteiger partial charge in [0.1, 0.15) is 0 Å². The fourth-order valence-corrected chi connectivity index (χ4v) is 4.91. The molecule has 7 nitrogen and oxygen atoms in total. The van der Waals surface area contributed by atoms with E-state index in [4.69, 9.17) is 9.72 Å². The van der Waals surface area contributed by atoms with E-state index in [1.807, 2.05) is 40.9 Å². The normalized spacial score (nSPS) is 18.1. The Balaban J connectivity index is 1.38. The molecule has 0 radical (unpaired) electrons. The lowest BCUT2D eigenvalue weighted by Crippen LogP contribution is -2.47. The van der Waals surface area contributed by atoms with Gasteiger partial charge in [-0.05, 0) is 43.2 Å². The number of amides is 2. The molecule has 0 atom stereocenters. The third-order valence-electron chi connectivity index (χ3n) is 5.79. The Hall–Kier alpha value is -3.23. The fourth-order valence-electron chi connectivity index (χ4n) is 3.86. The molecule has 8 heteroatoms. The van der Waals surface area contributed by atoms with Crippen LogP contribution in [0, 0.1) is 0 Å². The van der Waals surface area contributed by atoms with Gasteiger partial charge in [-0.15, -0.1) is 0 Å². The number of ether oxygens (including phenoxy) is 1. The van der Waals surface area contributed by atoms with Gasteiger partial charge in [0, 0.05) is 43.1 Å². The van der Waals surface area contributed by atoms with Crippen LogP contribution in [0.15, 0.2) is 48.7 Å². The number of hydrogen-bond donors (Lipinski definition) is 2. The summed E-state index contributed by atoms with van der Waals surface area (Å²) >= 11 is 1.55. The molecule has 2 heterocycles. The molecular weight excluding hydrogens is 412 g/mol. The van der Waals surface area contributed by atoms with Gasteiger partial charge < -0.3 is 15.4 Å². The molecule has 5 rings (SSSR count). The topological polar surface area (TPSA) is 84.7 Å². The van der Waals surface area contributed by atoms with Crippen LogP contribution in [0.5, 0.6) is 0 Å². The van der Waals surface area contributed by atoms with Crippen LogP contribution in [-0.4, -0.2) is 47.5 Å². The average molecular weight is 435 g/mol. The van der Waals surface area contributed by atoms with Crippen molar-refractivity contribution in [2.45, 2.75) is 25.0 Å². The second kappa shape index (κ2) is 7.79. The van der Waals surface area contributed by atoms with Crippen molar-refractivity contribution < 1.29 is 14.3 Å². The van der Waals surface area contributed by atoms with Gasteiger partial charge in [-0.25, -0.2) is 4.98 Å². The highest BCUT2D eigenvalue weighted by molar-refractivity contribution is 7.23. The Morgan fingerprint density at radius 3 is 2.55 bits per heavy atom. The van der Waals surface area contributed by atoms with Gasteiger partial charge in [-0.1, -0.05) is 23.5 Å². The van der Waals surface area contributed by atoms with Crippen molar-refractivity contribution in [3.63, 3.8) is 0 Å². The molecule has 4 aromatic rings. The first-order chi connectivity index (χ1) is 15.1. The van der Waals surface area contributed by atoms with Crippen molar-refractivity contribution in [2.75, 3.05) is 14.2 Å². The van der Waals surface area contributed by atoms with Gasteiger partial charge in [0.2, 0.25) is 0 Å². The minimum atomic E-state index is -0.112. The molecule has 0 saturated heterocycles. The highest BCUT2D eigenvalue weighted by atomic mass is 32.1. The number of fused-ring (bicyclic) bond motifs is 3. The molecule has 2 N–H and O–H groups in total. The lowest BCUT2D eigenvalue weighted by Gasteiger charge is -2.34. The maximum atomic E-state index is 12.6. The molecule has 1 aliphatic rings. The standard InChI is InChI=1S/C23H22N4O3S/c1-24-21(28)14-5-3-13(4-6-14)18-12-27-19-8-7-15(9-20(19)31-23(27)26-18)22(29)25-16-10-17(11-16)30-2/h3-9,12,16-17H,10-11H2,1-2H3,(H,24,28)(H,25,29)/t16-,17+. The number of nitrogens with zero attached hydrogens (tertiary/aromatic N) is 2. The van der Waals surface area contributed by atoms with Crippen LogP contribution in [0.25, 0.3) is 26.4 Å². The Kier molecular flexibility index (Phi) is 4.95. The maximum Gasteiger partial charge on any atom is 0.251 e. The molecule has 1 saturated carbocycles. The molecule has 158 valence electrons. The summed E-state index contributed by atoms with van der Waals surface area (Å²) in [5.41, 5.74) is 4.07. The van der Waals surface area contributed by atoms with Crippen LogP contribution in [0.1, 0.15) is 33.6 Å². The predicted molar refractivity (Wildman–Crippen MR) is 121 cm³/mol. The van der Waals surface area contributed by atoms with E-state index in [0.29, 0.717) is 11.1 Å². The number of imidazole rings is 1. The Labute approximate surface area is 183 Å². The van der Waals surface area contributed by atoms with Gasteiger partial charge in [-0.3, -0.25) is 14.0 Å². The number of benzene rings is 2. The van der Waals surface area contributed by atoms with Crippen molar-refractivity contribution in [3.05, 3.63) is 59.8 Å². The number of carbonyl (C=O) groups is 2. The van der Waals surface area contributed by atoms with Crippen molar-refractivity contribution in [3.8, 4) is 11.3 Å². The SMILES string of the molecule is CNC(=O)c1ccc(-c2cn3c(n2)sc2cc(C(=O)N[C@H]4C[C@@H](OC)C4)ccc23)cc1. The second-order valence-electron chi connectivity index (χ2n) is 7.72. The van der Waals surface area contributed by atoms with E-state index in [9.17, 15) is 9.59 Å². The van der Waals surface area contributed by atoms with Gasteiger partial charge in [-0.2, -0.15) is 0 Å². The molecule has 0 spiro atoms. The smallest absolute Gasteiger partial charge is 0.251 e. The summed E-state index contributed by atoms with van der Waals surface area (Å²) in [4.78, 5) is 29.9. The molecule has 0 bridgehead atoms. The lowest BCUT2D eigenvalue weighted by molar-refractivity contribution is 0.0176. The van der Waals surface area contributed by atoms with Crippen molar-refractivity contribution >= 4 is 38.3 Å². The number of aromatic nitrogens is 2.